The molecule has 10 heteroatoms. The van der Waals surface area contributed by atoms with E-state index in [0.29, 0.717) is 34.2 Å². The number of benzene rings is 1. The summed E-state index contributed by atoms with van der Waals surface area (Å²) in [5.74, 6) is -0.580. The molecule has 5 rings (SSSR count). The van der Waals surface area contributed by atoms with E-state index in [-0.39, 0.29) is 29.1 Å². The lowest BCUT2D eigenvalue weighted by Crippen LogP contribution is -2.28. The normalized spacial score (nSPS) is 16.1. The van der Waals surface area contributed by atoms with Gasteiger partial charge in [-0.1, -0.05) is 11.8 Å². The van der Waals surface area contributed by atoms with Crippen molar-refractivity contribution in [2.45, 2.75) is 30.6 Å². The molecule has 0 unspecified atom stereocenters. The maximum Gasteiger partial charge on any atom is 0.272 e. The zero-order valence-electron chi connectivity index (χ0n) is 16.9. The number of carbonyl (C=O) groups is 1. The van der Waals surface area contributed by atoms with Crippen molar-refractivity contribution < 1.29 is 13.9 Å². The number of thiophene rings is 1. The molecule has 7 nitrogen and oxygen atoms in total. The minimum absolute atomic E-state index is 0.0492. The fourth-order valence-corrected chi connectivity index (χ4v) is 5.50. The number of hydrogen-bond donors (Lipinski definition) is 1. The molecule has 4 heterocycles. The van der Waals surface area contributed by atoms with E-state index in [2.05, 4.69) is 10.3 Å². The minimum Gasteiger partial charge on any atom is -0.376 e. The van der Waals surface area contributed by atoms with Gasteiger partial charge in [0.05, 0.1) is 23.9 Å². The summed E-state index contributed by atoms with van der Waals surface area (Å²) in [4.78, 5) is 35.7. The van der Waals surface area contributed by atoms with Crippen LogP contribution < -0.4 is 10.9 Å². The molecular weight excluding hydrogens is 451 g/mol. The van der Waals surface area contributed by atoms with Crippen LogP contribution in [0.15, 0.2) is 52.5 Å². The Morgan fingerprint density at radius 3 is 2.94 bits per heavy atom. The maximum absolute atomic E-state index is 13.4. The van der Waals surface area contributed by atoms with Gasteiger partial charge in [0.15, 0.2) is 5.16 Å². The molecule has 3 aromatic heterocycles. The molecule has 164 valence electrons. The Kier molecular flexibility index (Phi) is 5.90. The largest absolute Gasteiger partial charge is 0.376 e. The second-order valence-corrected chi connectivity index (χ2v) is 9.37. The Balaban J connectivity index is 1.46. The Morgan fingerprint density at radius 2 is 2.16 bits per heavy atom. The number of carbonyl (C=O) groups excluding carboxylic acids is 1. The predicted molar refractivity (Wildman–Crippen MR) is 124 cm³/mol. The fourth-order valence-electron chi connectivity index (χ4n) is 3.66. The molecule has 1 saturated heterocycles. The monoisotopic (exact) mass is 470 g/mol. The molecule has 0 bridgehead atoms. The van der Waals surface area contributed by atoms with Gasteiger partial charge >= 0.3 is 0 Å². The molecule has 1 aromatic carbocycles. The summed E-state index contributed by atoms with van der Waals surface area (Å²) < 4.78 is 21.0. The molecule has 0 saturated carbocycles. The van der Waals surface area contributed by atoms with Gasteiger partial charge in [-0.25, -0.2) is 14.4 Å². The third-order valence-corrected chi connectivity index (χ3v) is 7.26. The highest BCUT2D eigenvalue weighted by atomic mass is 32.2. The average Bonchev–Trinajstić information content (AvgIpc) is 3.44. The van der Waals surface area contributed by atoms with Gasteiger partial charge in [0.25, 0.3) is 5.56 Å². The van der Waals surface area contributed by atoms with E-state index in [1.54, 1.807) is 10.8 Å². The number of thioether (sulfide) groups is 1. The Bertz CT molecular complexity index is 1350. The number of amides is 1. The number of anilines is 1. The summed E-state index contributed by atoms with van der Waals surface area (Å²) in [6.45, 7) is 1.08. The van der Waals surface area contributed by atoms with Crippen molar-refractivity contribution in [1.29, 1.82) is 0 Å². The van der Waals surface area contributed by atoms with Crippen LogP contribution in [0.3, 0.4) is 0 Å². The van der Waals surface area contributed by atoms with E-state index in [1.807, 2.05) is 12.1 Å². The topological polar surface area (TPSA) is 86.1 Å². The zero-order valence-corrected chi connectivity index (χ0v) is 18.5. The van der Waals surface area contributed by atoms with E-state index in [1.165, 1.54) is 47.4 Å². The Hall–Kier alpha value is -2.82. The molecular formula is C22H19FN4O3S2. The van der Waals surface area contributed by atoms with Gasteiger partial charge in [0.1, 0.15) is 15.3 Å². The first kappa shape index (κ1) is 21.0. The number of nitrogens with one attached hydrogen (secondary N) is 1. The van der Waals surface area contributed by atoms with E-state index in [9.17, 15) is 14.0 Å². The summed E-state index contributed by atoms with van der Waals surface area (Å²) in [6.07, 6.45) is 3.49. The fraction of sp³-hybridized carbons (Fsp3) is 0.273. The quantitative estimate of drug-likeness (QED) is 0.338. The van der Waals surface area contributed by atoms with E-state index < -0.39 is 0 Å². The average molecular weight is 471 g/mol. The highest BCUT2D eigenvalue weighted by molar-refractivity contribution is 7.99. The molecule has 4 aromatic rings. The van der Waals surface area contributed by atoms with Crippen molar-refractivity contribution in [1.82, 2.24) is 14.5 Å². The van der Waals surface area contributed by atoms with Crippen molar-refractivity contribution in [3.8, 4) is 0 Å². The molecule has 0 aliphatic carbocycles. The standard InChI is InChI=1S/C22H19FN4O3S2/c23-13-5-7-14(8-6-13)25-17(28)12-31-22-26-18-16-4-1-9-24-20(16)32-19(18)21(29)27(22)11-15-3-2-10-30-15/h1,4-9,15H,2-3,10-12H2,(H,25,28)/t15-/m1/s1. The van der Waals surface area contributed by atoms with Crippen LogP contribution in [0.25, 0.3) is 20.4 Å². The summed E-state index contributed by atoms with van der Waals surface area (Å²) in [5.41, 5.74) is 0.968. The molecule has 0 spiro atoms. The predicted octanol–water partition coefficient (Wildman–Crippen LogP) is 4.06. The van der Waals surface area contributed by atoms with Crippen LogP contribution in [-0.2, 0) is 16.1 Å². The zero-order chi connectivity index (χ0) is 22.1. The molecule has 1 N–H and O–H groups in total. The molecule has 1 atom stereocenters. The second-order valence-electron chi connectivity index (χ2n) is 7.42. The first-order valence-corrected chi connectivity index (χ1v) is 12.0. The first-order chi connectivity index (χ1) is 15.6. The summed E-state index contributed by atoms with van der Waals surface area (Å²) in [7, 11) is 0. The summed E-state index contributed by atoms with van der Waals surface area (Å²) >= 11 is 2.53. The lowest BCUT2D eigenvalue weighted by molar-refractivity contribution is -0.113. The number of nitrogens with zero attached hydrogens (tertiary/aromatic N) is 3. The number of fused-ring (bicyclic) bond motifs is 3. The number of halogens is 1. The highest BCUT2D eigenvalue weighted by Crippen LogP contribution is 2.31. The molecule has 1 aliphatic heterocycles. The SMILES string of the molecule is O=C(CSc1nc2c(sc3ncccc32)c(=O)n1C[C@H]1CCCO1)Nc1ccc(F)cc1. The van der Waals surface area contributed by atoms with Crippen LogP contribution in [0, 0.1) is 5.82 Å². The highest BCUT2D eigenvalue weighted by Gasteiger charge is 2.22. The molecule has 1 fully saturated rings. The lowest BCUT2D eigenvalue weighted by Gasteiger charge is -2.15. The second kappa shape index (κ2) is 8.97. The van der Waals surface area contributed by atoms with Crippen LogP contribution in [0.2, 0.25) is 0 Å². The number of ether oxygens (including phenoxy) is 1. The van der Waals surface area contributed by atoms with E-state index in [4.69, 9.17) is 9.72 Å². The van der Waals surface area contributed by atoms with Crippen LogP contribution in [-0.4, -0.2) is 38.9 Å². The number of rotatable bonds is 6. The number of hydrogen-bond acceptors (Lipinski definition) is 7. The Labute approximate surface area is 190 Å². The third-order valence-electron chi connectivity index (χ3n) is 5.19. The van der Waals surface area contributed by atoms with Crippen molar-refractivity contribution in [2.24, 2.45) is 0 Å². The maximum atomic E-state index is 13.4. The van der Waals surface area contributed by atoms with Gasteiger partial charge < -0.3 is 10.1 Å². The van der Waals surface area contributed by atoms with Crippen LogP contribution in [0.4, 0.5) is 10.1 Å². The van der Waals surface area contributed by atoms with Crippen LogP contribution in [0.1, 0.15) is 12.8 Å². The lowest BCUT2D eigenvalue weighted by atomic mass is 10.2. The number of pyridine rings is 1. The van der Waals surface area contributed by atoms with Crippen molar-refractivity contribution >= 4 is 55.1 Å². The van der Waals surface area contributed by atoms with Gasteiger partial charge in [-0.2, -0.15) is 0 Å². The van der Waals surface area contributed by atoms with Gasteiger partial charge in [-0.3, -0.25) is 14.2 Å². The van der Waals surface area contributed by atoms with Crippen molar-refractivity contribution in [2.75, 3.05) is 17.7 Å². The molecule has 0 radical (unpaired) electrons. The van der Waals surface area contributed by atoms with Crippen molar-refractivity contribution in [3.05, 3.63) is 58.8 Å². The first-order valence-electron chi connectivity index (χ1n) is 10.2. The third kappa shape index (κ3) is 4.25. The number of aromatic nitrogens is 3. The molecule has 1 amide bonds. The van der Waals surface area contributed by atoms with Gasteiger partial charge in [0.2, 0.25) is 5.91 Å². The van der Waals surface area contributed by atoms with Gasteiger partial charge in [-0.15, -0.1) is 11.3 Å². The summed E-state index contributed by atoms with van der Waals surface area (Å²) in [6, 6.07) is 9.28. The van der Waals surface area contributed by atoms with E-state index in [0.717, 1.165) is 23.1 Å². The van der Waals surface area contributed by atoms with Crippen LogP contribution in [0.5, 0.6) is 0 Å². The smallest absolute Gasteiger partial charge is 0.272 e. The molecule has 32 heavy (non-hydrogen) atoms. The summed E-state index contributed by atoms with van der Waals surface area (Å²) in [5, 5.41) is 4.03. The van der Waals surface area contributed by atoms with E-state index >= 15 is 0 Å². The molecule has 1 aliphatic rings. The van der Waals surface area contributed by atoms with Gasteiger partial charge in [-0.05, 0) is 49.2 Å². The van der Waals surface area contributed by atoms with Crippen LogP contribution >= 0.6 is 23.1 Å². The Morgan fingerprint density at radius 1 is 1.31 bits per heavy atom. The minimum atomic E-state index is -0.370. The van der Waals surface area contributed by atoms with Crippen molar-refractivity contribution in [3.63, 3.8) is 0 Å². The van der Waals surface area contributed by atoms with Gasteiger partial charge in [0, 0.05) is 23.9 Å².